The van der Waals surface area contributed by atoms with Crippen molar-refractivity contribution in [3.63, 3.8) is 0 Å². The number of nitriles is 1. The first-order valence-electron chi connectivity index (χ1n) is 7.11. The highest BCUT2D eigenvalue weighted by Gasteiger charge is 2.10. The number of anilines is 1. The Bertz CT molecular complexity index is 800. The molecular weight excluding hydrogens is 372 g/mol. The fraction of sp³-hybridized carbons (Fsp3) is 0.235. The molecule has 0 spiro atoms. The summed E-state index contributed by atoms with van der Waals surface area (Å²) in [6.07, 6.45) is 1.64. The number of aryl methyl sites for hydroxylation is 1. The van der Waals surface area contributed by atoms with E-state index in [1.54, 1.807) is 20.4 Å². The van der Waals surface area contributed by atoms with Gasteiger partial charge in [0, 0.05) is 18.4 Å². The van der Waals surface area contributed by atoms with Gasteiger partial charge in [-0.15, -0.1) is 0 Å². The zero-order valence-corrected chi connectivity index (χ0v) is 15.2. The van der Waals surface area contributed by atoms with Crippen LogP contribution in [0.4, 0.5) is 5.82 Å². The van der Waals surface area contributed by atoms with Gasteiger partial charge >= 0.3 is 0 Å². The Kier molecular flexibility index (Phi) is 6.29. The number of halogens is 1. The van der Waals surface area contributed by atoms with Gasteiger partial charge in [-0.3, -0.25) is 5.43 Å². The quantitative estimate of drug-likeness (QED) is 0.603. The molecular formula is C17H17BrN4O2. The Morgan fingerprint density at radius 3 is 2.79 bits per heavy atom. The minimum absolute atomic E-state index is 0.343. The van der Waals surface area contributed by atoms with Crippen LogP contribution in [0.15, 0.2) is 33.8 Å². The van der Waals surface area contributed by atoms with Gasteiger partial charge in [-0.05, 0) is 52.7 Å². The molecule has 2 rings (SSSR count). The fourth-order valence-corrected chi connectivity index (χ4v) is 2.71. The molecule has 0 fully saturated rings. The predicted molar refractivity (Wildman–Crippen MR) is 96.3 cm³/mol. The number of ether oxygens (including phenoxy) is 2. The molecule has 1 aromatic heterocycles. The standard InChI is InChI=1S/C17H17BrN4O2/c1-11-6-13(10-23-2)14(8-19)17(21-11)22-20-9-12-4-5-16(24-3)15(18)7-12/h4-7,9H,10H2,1-3H3,(H,21,22). The van der Waals surface area contributed by atoms with E-state index in [0.717, 1.165) is 27.0 Å². The fourth-order valence-electron chi connectivity index (χ4n) is 2.15. The lowest BCUT2D eigenvalue weighted by atomic mass is 10.1. The molecule has 0 aliphatic heterocycles. The second-order valence-corrected chi connectivity index (χ2v) is 5.81. The molecule has 0 amide bonds. The average Bonchev–Trinajstić information content (AvgIpc) is 2.55. The maximum absolute atomic E-state index is 9.37. The number of hydrazone groups is 1. The van der Waals surface area contributed by atoms with Crippen LogP contribution >= 0.6 is 15.9 Å². The topological polar surface area (TPSA) is 79.5 Å². The van der Waals surface area contributed by atoms with E-state index in [4.69, 9.17) is 9.47 Å². The normalized spacial score (nSPS) is 10.6. The molecule has 0 saturated heterocycles. The first kappa shape index (κ1) is 17.9. The van der Waals surface area contributed by atoms with E-state index in [1.165, 1.54) is 0 Å². The van der Waals surface area contributed by atoms with Crippen molar-refractivity contribution in [2.45, 2.75) is 13.5 Å². The summed E-state index contributed by atoms with van der Waals surface area (Å²) in [4.78, 5) is 4.33. The van der Waals surface area contributed by atoms with Crippen LogP contribution in [0.2, 0.25) is 0 Å². The van der Waals surface area contributed by atoms with Gasteiger partial charge in [-0.2, -0.15) is 10.4 Å². The van der Waals surface area contributed by atoms with E-state index >= 15 is 0 Å². The number of rotatable bonds is 6. The van der Waals surface area contributed by atoms with Crippen molar-refractivity contribution in [1.82, 2.24) is 4.98 Å². The third kappa shape index (κ3) is 4.31. The number of hydrogen-bond acceptors (Lipinski definition) is 6. The molecule has 1 aromatic carbocycles. The molecule has 0 aliphatic carbocycles. The lowest BCUT2D eigenvalue weighted by Gasteiger charge is -2.09. The van der Waals surface area contributed by atoms with Crippen LogP contribution in [-0.2, 0) is 11.3 Å². The second-order valence-electron chi connectivity index (χ2n) is 4.96. The summed E-state index contributed by atoms with van der Waals surface area (Å²) < 4.78 is 11.2. The molecule has 0 atom stereocenters. The molecule has 0 radical (unpaired) electrons. The Morgan fingerprint density at radius 1 is 1.38 bits per heavy atom. The molecule has 0 aliphatic rings. The smallest absolute Gasteiger partial charge is 0.164 e. The second kappa shape index (κ2) is 8.43. The number of nitrogens with one attached hydrogen (secondary N) is 1. The van der Waals surface area contributed by atoms with Crippen molar-refractivity contribution in [3.05, 3.63) is 51.1 Å². The number of hydrogen-bond donors (Lipinski definition) is 1. The van der Waals surface area contributed by atoms with Crippen LogP contribution in [0.5, 0.6) is 5.75 Å². The molecule has 0 unspecified atom stereocenters. The summed E-state index contributed by atoms with van der Waals surface area (Å²) in [5.41, 5.74) is 5.69. The molecule has 7 heteroatoms. The summed E-state index contributed by atoms with van der Waals surface area (Å²) in [5.74, 6) is 1.16. The number of methoxy groups -OCH3 is 2. The molecule has 0 bridgehead atoms. The lowest BCUT2D eigenvalue weighted by Crippen LogP contribution is -2.03. The highest BCUT2D eigenvalue weighted by molar-refractivity contribution is 9.10. The van der Waals surface area contributed by atoms with Crippen molar-refractivity contribution in [3.8, 4) is 11.8 Å². The minimum Gasteiger partial charge on any atom is -0.496 e. The minimum atomic E-state index is 0.343. The number of nitrogens with zero attached hydrogens (tertiary/aromatic N) is 3. The molecule has 1 N–H and O–H groups in total. The van der Waals surface area contributed by atoms with Crippen LogP contribution in [0.3, 0.4) is 0 Å². The van der Waals surface area contributed by atoms with Crippen LogP contribution in [0.1, 0.15) is 22.4 Å². The van der Waals surface area contributed by atoms with Gasteiger partial charge in [-0.25, -0.2) is 4.98 Å². The molecule has 24 heavy (non-hydrogen) atoms. The highest BCUT2D eigenvalue weighted by Crippen LogP contribution is 2.25. The van der Waals surface area contributed by atoms with E-state index < -0.39 is 0 Å². The summed E-state index contributed by atoms with van der Waals surface area (Å²) in [6.45, 7) is 2.20. The first-order chi connectivity index (χ1) is 11.6. The highest BCUT2D eigenvalue weighted by atomic mass is 79.9. The Morgan fingerprint density at radius 2 is 2.17 bits per heavy atom. The zero-order chi connectivity index (χ0) is 17.5. The monoisotopic (exact) mass is 388 g/mol. The van der Waals surface area contributed by atoms with Crippen molar-refractivity contribution in [2.75, 3.05) is 19.6 Å². The third-order valence-electron chi connectivity index (χ3n) is 3.20. The largest absolute Gasteiger partial charge is 0.496 e. The first-order valence-corrected chi connectivity index (χ1v) is 7.90. The van der Waals surface area contributed by atoms with E-state index in [1.807, 2.05) is 31.2 Å². The van der Waals surface area contributed by atoms with Crippen LogP contribution in [0.25, 0.3) is 0 Å². The predicted octanol–water partition coefficient (Wildman–Crippen LogP) is 3.63. The van der Waals surface area contributed by atoms with Gasteiger partial charge < -0.3 is 9.47 Å². The Labute approximate surface area is 149 Å². The lowest BCUT2D eigenvalue weighted by molar-refractivity contribution is 0.184. The van der Waals surface area contributed by atoms with E-state index in [0.29, 0.717) is 18.0 Å². The summed E-state index contributed by atoms with van der Waals surface area (Å²) >= 11 is 3.43. The molecule has 6 nitrogen and oxygen atoms in total. The van der Waals surface area contributed by atoms with Crippen molar-refractivity contribution < 1.29 is 9.47 Å². The van der Waals surface area contributed by atoms with Gasteiger partial charge in [0.25, 0.3) is 0 Å². The number of benzene rings is 1. The average molecular weight is 389 g/mol. The maximum Gasteiger partial charge on any atom is 0.164 e. The van der Waals surface area contributed by atoms with Gasteiger partial charge in [0.05, 0.1) is 24.4 Å². The van der Waals surface area contributed by atoms with E-state index in [-0.39, 0.29) is 0 Å². The zero-order valence-electron chi connectivity index (χ0n) is 13.6. The van der Waals surface area contributed by atoms with Crippen molar-refractivity contribution >= 4 is 28.0 Å². The van der Waals surface area contributed by atoms with Crippen molar-refractivity contribution in [2.24, 2.45) is 5.10 Å². The van der Waals surface area contributed by atoms with Crippen LogP contribution in [-0.4, -0.2) is 25.4 Å². The third-order valence-corrected chi connectivity index (χ3v) is 3.82. The van der Waals surface area contributed by atoms with Gasteiger partial charge in [0.1, 0.15) is 17.4 Å². The van der Waals surface area contributed by atoms with E-state index in [9.17, 15) is 5.26 Å². The van der Waals surface area contributed by atoms with Crippen LogP contribution in [0, 0.1) is 18.3 Å². The SMILES string of the molecule is COCc1cc(C)nc(NN=Cc2ccc(OC)c(Br)c2)c1C#N. The molecule has 0 saturated carbocycles. The van der Waals surface area contributed by atoms with Gasteiger partial charge in [-0.1, -0.05) is 0 Å². The van der Waals surface area contributed by atoms with Crippen molar-refractivity contribution in [1.29, 1.82) is 5.26 Å². The molecule has 124 valence electrons. The summed E-state index contributed by atoms with van der Waals surface area (Å²) in [6, 6.07) is 9.58. The maximum atomic E-state index is 9.37. The van der Waals surface area contributed by atoms with Crippen LogP contribution < -0.4 is 10.2 Å². The summed E-state index contributed by atoms with van der Waals surface area (Å²) in [5, 5.41) is 13.5. The molecule has 1 heterocycles. The summed E-state index contributed by atoms with van der Waals surface area (Å²) in [7, 11) is 3.20. The van der Waals surface area contributed by atoms with E-state index in [2.05, 4.69) is 37.5 Å². The Hall–Kier alpha value is -2.43. The van der Waals surface area contributed by atoms with Gasteiger partial charge in [0.15, 0.2) is 5.82 Å². The van der Waals surface area contributed by atoms with Gasteiger partial charge in [0.2, 0.25) is 0 Å². The number of aromatic nitrogens is 1. The number of pyridine rings is 1. The Balaban J connectivity index is 2.22. The molecule has 2 aromatic rings.